The number of nitrogens with two attached hydrogens (primary N) is 1. The van der Waals surface area contributed by atoms with E-state index in [1.54, 1.807) is 18.0 Å². The molecule has 1 aromatic heterocycles. The lowest BCUT2D eigenvalue weighted by Gasteiger charge is -2.49. The summed E-state index contributed by atoms with van der Waals surface area (Å²) in [6, 6.07) is 19.7. The van der Waals surface area contributed by atoms with E-state index in [9.17, 15) is 5.11 Å². The van der Waals surface area contributed by atoms with Crippen LogP contribution in [-0.2, 0) is 23.5 Å². The molecule has 0 radical (unpaired) electrons. The van der Waals surface area contributed by atoms with Gasteiger partial charge in [-0.25, -0.2) is 5.10 Å². The molecule has 0 bridgehead atoms. The molecule has 4 aliphatic heterocycles. The van der Waals surface area contributed by atoms with Crippen LogP contribution < -0.4 is 16.0 Å². The van der Waals surface area contributed by atoms with Gasteiger partial charge in [-0.15, -0.1) is 17.5 Å². The number of piperazine rings is 2. The first-order valence-electron chi connectivity index (χ1n) is 20.8. The van der Waals surface area contributed by atoms with Gasteiger partial charge in [0.25, 0.3) is 0 Å². The Hall–Kier alpha value is -2.20. The molecule has 0 spiro atoms. The average molecular weight is 927 g/mol. The minimum absolute atomic E-state index is 0. The zero-order valence-electron chi connectivity index (χ0n) is 35.9. The number of benzene rings is 2. The molecule has 0 aliphatic carbocycles. The number of aromatic amines is 1. The minimum atomic E-state index is -0.0432. The molecule has 2 aromatic carbocycles. The molecule has 5 heterocycles. The van der Waals surface area contributed by atoms with Gasteiger partial charge in [-0.1, -0.05) is 58.2 Å². The van der Waals surface area contributed by atoms with Crippen LogP contribution in [0.5, 0.6) is 0 Å². The predicted molar refractivity (Wildman–Crippen MR) is 256 cm³/mol. The Morgan fingerprint density at radius 1 is 0.867 bits per heavy atom. The monoisotopic (exact) mass is 924 g/mol. The van der Waals surface area contributed by atoms with Gasteiger partial charge in [0.15, 0.2) is 0 Å². The van der Waals surface area contributed by atoms with Crippen LogP contribution in [0, 0.1) is 11.5 Å². The molecule has 334 valence electrons. The fourth-order valence-corrected chi connectivity index (χ4v) is 10.7. The lowest BCUT2D eigenvalue weighted by atomic mass is 9.94. The largest absolute Gasteiger partial charge is 0.395 e. The predicted octanol–water partition coefficient (Wildman–Crippen LogP) is 5.51. The number of aliphatic hydroxyl groups excluding tert-OH is 1. The second kappa shape index (κ2) is 25.8. The third kappa shape index (κ3) is 15.3. The van der Waals surface area contributed by atoms with Gasteiger partial charge in [-0.05, 0) is 121 Å². The minimum Gasteiger partial charge on any atom is -0.395 e. The Morgan fingerprint density at radius 2 is 1.40 bits per heavy atom. The Labute approximate surface area is 381 Å². The topological polar surface area (TPSA) is 152 Å². The number of halogens is 3. The molecule has 2 unspecified atom stereocenters. The molecular formula is C42H67Cl3N12OS2. The van der Waals surface area contributed by atoms with Crippen LogP contribution in [0.2, 0.25) is 10.0 Å². The number of H-pyrrole nitrogens is 1. The maximum absolute atomic E-state index is 9.69. The van der Waals surface area contributed by atoms with Crippen molar-refractivity contribution in [2.75, 3.05) is 101 Å². The number of thioether (sulfide) groups is 1. The highest BCUT2D eigenvalue weighted by Gasteiger charge is 2.37. The highest BCUT2D eigenvalue weighted by molar-refractivity contribution is 8.10. The number of aromatic nitrogens is 3. The molecular weight excluding hydrogens is 859 g/mol. The summed E-state index contributed by atoms with van der Waals surface area (Å²) in [6.07, 6.45) is 12.5. The van der Waals surface area contributed by atoms with Gasteiger partial charge in [-0.2, -0.15) is 26.4 Å². The summed E-state index contributed by atoms with van der Waals surface area (Å²) in [5, 5.41) is 30.7. The quantitative estimate of drug-likeness (QED) is 0.190. The molecule has 5 atom stereocenters. The van der Waals surface area contributed by atoms with Crippen molar-refractivity contribution in [1.29, 1.82) is 5.26 Å². The smallest absolute Gasteiger partial charge is 0.246 e. The molecule has 0 saturated carbocycles. The van der Waals surface area contributed by atoms with Gasteiger partial charge in [0.2, 0.25) is 18.1 Å². The van der Waals surface area contributed by atoms with Crippen molar-refractivity contribution in [3.63, 3.8) is 0 Å². The van der Waals surface area contributed by atoms with Gasteiger partial charge < -0.3 is 26.0 Å². The Kier molecular flexibility index (Phi) is 21.7. The van der Waals surface area contributed by atoms with Crippen molar-refractivity contribution in [3.05, 3.63) is 69.7 Å². The molecule has 4 saturated heterocycles. The standard InChI is InChI=1S/C20H30ClN7.C18H28ClN3O.C4H8N2S2.ClH/c1-14-12-28(17-7-9-27(10-8-17)20-23-19(22)24-25-20)18(13-26(14)2)11-15-3-5-16(21)6-4-15;1-21-11-17(10-14-2-4-15(19)5-3-14)22(12-18(21)13-23)16-6-8-20-9-7-16;1-7-4-8(2)6-3-5;/h3-6,14,17-18H,7-13H2,1-2H3,(H3,22,23,24,25);2-5,16-18,20,23H,6-13H2,1H3;4H2,1-2H3;1H/t14-,18?;17-,18+;;/m00../s1. The van der Waals surface area contributed by atoms with Crippen LogP contribution in [0.25, 0.3) is 0 Å². The normalized spacial score (nSPS) is 24.4. The van der Waals surface area contributed by atoms with E-state index in [2.05, 4.69) is 94.6 Å². The van der Waals surface area contributed by atoms with Crippen LogP contribution in [-0.4, -0.2) is 167 Å². The second-order valence-electron chi connectivity index (χ2n) is 16.3. The number of nitrogens with zero attached hydrogens (tertiary/aromatic N) is 9. The first kappa shape index (κ1) is 50.4. The van der Waals surface area contributed by atoms with E-state index in [0.717, 1.165) is 99.1 Å². The maximum atomic E-state index is 9.69. The van der Waals surface area contributed by atoms with E-state index in [1.807, 2.05) is 36.8 Å². The van der Waals surface area contributed by atoms with Crippen LogP contribution in [0.3, 0.4) is 0 Å². The SMILES string of the molecule is CN1C[C@H](Cc2ccc(Cl)cc2)N(C2CCNCC2)C[C@@H]1CO.CSCS(C)=NC#N.C[C@H]1CN(C2CCN(c3n[nH]c(N)n3)CC2)C(Cc2ccc(Cl)cc2)CN1C.Cl. The van der Waals surface area contributed by atoms with Crippen molar-refractivity contribution in [2.24, 2.45) is 4.36 Å². The van der Waals surface area contributed by atoms with Crippen molar-refractivity contribution in [3.8, 4) is 6.19 Å². The van der Waals surface area contributed by atoms with E-state index < -0.39 is 0 Å². The summed E-state index contributed by atoms with van der Waals surface area (Å²) >= 11 is 13.8. The first-order valence-corrected chi connectivity index (χ1v) is 24.7. The van der Waals surface area contributed by atoms with Crippen LogP contribution >= 0.6 is 47.4 Å². The number of hydrogen-bond acceptors (Lipinski definition) is 13. The number of rotatable bonds is 10. The van der Waals surface area contributed by atoms with E-state index in [4.69, 9.17) is 34.2 Å². The number of likely N-dealkylation sites (N-methyl/N-ethyl adjacent to an activating group) is 2. The lowest BCUT2D eigenvalue weighted by Crippen LogP contribution is -2.62. The molecule has 60 heavy (non-hydrogen) atoms. The number of nitriles is 1. The second-order valence-corrected chi connectivity index (χ2v) is 20.1. The third-order valence-electron chi connectivity index (χ3n) is 12.2. The van der Waals surface area contributed by atoms with Gasteiger partial charge >= 0.3 is 0 Å². The van der Waals surface area contributed by atoms with Crippen LogP contribution in [0.1, 0.15) is 43.7 Å². The molecule has 5 N–H and O–H groups in total. The molecule has 13 nitrogen and oxygen atoms in total. The first-order chi connectivity index (χ1) is 28.5. The molecule has 4 fully saturated rings. The third-order valence-corrected chi connectivity index (χ3v) is 15.4. The highest BCUT2D eigenvalue weighted by atomic mass is 35.5. The average Bonchev–Trinajstić information content (AvgIpc) is 3.68. The summed E-state index contributed by atoms with van der Waals surface area (Å²) in [6.45, 7) is 10.9. The number of piperidine rings is 2. The molecule has 4 aliphatic rings. The maximum Gasteiger partial charge on any atom is 0.246 e. The Bertz CT molecular complexity index is 1750. The Morgan fingerprint density at radius 3 is 1.90 bits per heavy atom. The molecule has 7 rings (SSSR count). The fraction of sp³-hybridized carbons (Fsp3) is 0.643. The molecule has 18 heteroatoms. The summed E-state index contributed by atoms with van der Waals surface area (Å²) < 4.78 is 3.63. The van der Waals surface area contributed by atoms with Crippen molar-refractivity contribution < 1.29 is 5.11 Å². The number of nitrogen functional groups attached to an aromatic ring is 1. The van der Waals surface area contributed by atoms with Gasteiger partial charge in [0.1, 0.15) is 0 Å². The molecule has 0 amide bonds. The van der Waals surface area contributed by atoms with Crippen LogP contribution in [0.4, 0.5) is 11.9 Å². The number of aliphatic hydroxyl groups is 1. The fourth-order valence-electron chi connectivity index (χ4n) is 8.78. The van der Waals surface area contributed by atoms with Crippen molar-refractivity contribution in [2.45, 2.75) is 81.7 Å². The van der Waals surface area contributed by atoms with Crippen molar-refractivity contribution >= 4 is 70.0 Å². The van der Waals surface area contributed by atoms with E-state index >= 15 is 0 Å². The molecule has 3 aromatic rings. The van der Waals surface area contributed by atoms with E-state index in [0.29, 0.717) is 36.2 Å². The number of anilines is 2. The summed E-state index contributed by atoms with van der Waals surface area (Å²) in [7, 11) is 4.33. The number of hydrogen-bond donors (Lipinski definition) is 4. The van der Waals surface area contributed by atoms with Gasteiger partial charge in [-0.3, -0.25) is 14.7 Å². The van der Waals surface area contributed by atoms with E-state index in [-0.39, 0.29) is 35.7 Å². The summed E-state index contributed by atoms with van der Waals surface area (Å²) in [5.41, 5.74) is 8.38. The van der Waals surface area contributed by atoms with E-state index in [1.165, 1.54) is 24.0 Å². The summed E-state index contributed by atoms with van der Waals surface area (Å²) in [4.78, 5) is 16.7. The zero-order valence-corrected chi connectivity index (χ0v) is 39.9. The van der Waals surface area contributed by atoms with Crippen molar-refractivity contribution in [1.82, 2.24) is 40.1 Å². The Balaban J connectivity index is 0.000000224. The number of nitrogens with one attached hydrogen (secondary N) is 2. The highest BCUT2D eigenvalue weighted by Crippen LogP contribution is 2.28. The zero-order chi connectivity index (χ0) is 42.3. The lowest BCUT2D eigenvalue weighted by molar-refractivity contribution is -0.0120. The van der Waals surface area contributed by atoms with Crippen LogP contribution in [0.15, 0.2) is 52.9 Å². The van der Waals surface area contributed by atoms with Gasteiger partial charge in [0, 0.05) is 85.6 Å². The summed E-state index contributed by atoms with van der Waals surface area (Å²) in [5.74, 6) is 1.11. The van der Waals surface area contributed by atoms with Gasteiger partial charge in [0.05, 0.1) is 11.7 Å².